The van der Waals surface area contributed by atoms with Crippen molar-refractivity contribution in [1.82, 2.24) is 0 Å². The summed E-state index contributed by atoms with van der Waals surface area (Å²) in [6.45, 7) is 13.9. The van der Waals surface area contributed by atoms with Crippen molar-refractivity contribution < 1.29 is 12.3 Å². The van der Waals surface area contributed by atoms with Gasteiger partial charge in [-0.1, -0.05) is 152 Å². The summed E-state index contributed by atoms with van der Waals surface area (Å²) in [4.78, 5) is 0. The normalized spacial score (nSPS) is 26.2. The van der Waals surface area contributed by atoms with Gasteiger partial charge in [-0.25, -0.2) is 0 Å². The summed E-state index contributed by atoms with van der Waals surface area (Å²) in [6, 6.07) is 32.4. The Kier molecular flexibility index (Phi) is 8.54. The molecule has 1 aliphatic heterocycles. The van der Waals surface area contributed by atoms with Crippen molar-refractivity contribution in [2.75, 3.05) is 0 Å². The summed E-state index contributed by atoms with van der Waals surface area (Å²) < 4.78 is 23.0. The molecule has 0 aromatic heterocycles. The van der Waals surface area contributed by atoms with E-state index < -0.39 is 25.7 Å². The minimum Gasteiger partial charge on any atom is -0.411 e. The molecule has 0 bridgehead atoms. The van der Waals surface area contributed by atoms with Crippen molar-refractivity contribution in [2.24, 2.45) is 0 Å². The van der Waals surface area contributed by atoms with Crippen LogP contribution in [0.4, 0.5) is 0 Å². The Morgan fingerprint density at radius 2 is 0.889 bits per heavy atom. The van der Waals surface area contributed by atoms with Crippen molar-refractivity contribution in [3.63, 3.8) is 0 Å². The SMILES string of the molecule is CCC(C)[Si]1(c2ccccc2)O[Si](c2ccccc2)(c2ccccc2)O[Si](C(C)CC)(C(C)CC)O1. The summed E-state index contributed by atoms with van der Waals surface area (Å²) in [5.74, 6) is 0. The van der Waals surface area contributed by atoms with Crippen molar-refractivity contribution in [3.8, 4) is 0 Å². The van der Waals surface area contributed by atoms with Gasteiger partial charge >= 0.3 is 25.7 Å². The van der Waals surface area contributed by atoms with Crippen molar-refractivity contribution in [3.05, 3.63) is 91.0 Å². The Balaban J connectivity index is 2.11. The molecule has 1 aliphatic rings. The van der Waals surface area contributed by atoms with Crippen LogP contribution in [0.1, 0.15) is 60.8 Å². The lowest BCUT2D eigenvalue weighted by atomic mass is 10.4. The number of rotatable bonds is 9. The van der Waals surface area contributed by atoms with E-state index in [0.29, 0.717) is 11.1 Å². The average Bonchev–Trinajstić information content (AvgIpc) is 2.96. The Labute approximate surface area is 221 Å². The molecule has 0 aliphatic carbocycles. The lowest BCUT2D eigenvalue weighted by Gasteiger charge is -2.58. The van der Waals surface area contributed by atoms with Gasteiger partial charge in [0.1, 0.15) is 0 Å². The molecule has 0 spiro atoms. The van der Waals surface area contributed by atoms with E-state index in [1.165, 1.54) is 15.6 Å². The molecule has 4 unspecified atom stereocenters. The van der Waals surface area contributed by atoms with E-state index in [0.717, 1.165) is 19.3 Å². The summed E-state index contributed by atoms with van der Waals surface area (Å²) in [5.41, 5.74) is 0.966. The second-order valence-corrected chi connectivity index (χ2v) is 21.5. The summed E-state index contributed by atoms with van der Waals surface area (Å²) >= 11 is 0. The first-order valence-corrected chi connectivity index (χ1v) is 19.3. The van der Waals surface area contributed by atoms with Crippen LogP contribution in [0, 0.1) is 0 Å². The van der Waals surface area contributed by atoms with Gasteiger partial charge in [0.15, 0.2) is 0 Å². The van der Waals surface area contributed by atoms with Gasteiger partial charge in [0, 0.05) is 5.54 Å². The van der Waals surface area contributed by atoms with Crippen LogP contribution < -0.4 is 15.6 Å². The molecule has 0 N–H and O–H groups in total. The first-order valence-electron chi connectivity index (χ1n) is 13.7. The maximum absolute atomic E-state index is 7.69. The molecule has 0 radical (unpaired) electrons. The Morgan fingerprint density at radius 3 is 1.28 bits per heavy atom. The topological polar surface area (TPSA) is 27.7 Å². The minimum atomic E-state index is -3.13. The molecule has 36 heavy (non-hydrogen) atoms. The molecule has 3 nitrogen and oxygen atoms in total. The van der Waals surface area contributed by atoms with E-state index in [2.05, 4.69) is 133 Å². The molecular formula is C30H42O3Si3. The van der Waals surface area contributed by atoms with Crippen LogP contribution in [-0.4, -0.2) is 25.7 Å². The lowest BCUT2D eigenvalue weighted by Crippen LogP contribution is -2.83. The average molecular weight is 535 g/mol. The largest absolute Gasteiger partial charge is 0.411 e. The third-order valence-electron chi connectivity index (χ3n) is 8.25. The highest BCUT2D eigenvalue weighted by atomic mass is 28.5. The molecule has 1 saturated heterocycles. The zero-order valence-corrected chi connectivity index (χ0v) is 25.7. The molecule has 3 aromatic carbocycles. The van der Waals surface area contributed by atoms with Crippen molar-refractivity contribution in [1.29, 1.82) is 0 Å². The molecule has 192 valence electrons. The van der Waals surface area contributed by atoms with Crippen LogP contribution >= 0.6 is 0 Å². The van der Waals surface area contributed by atoms with Gasteiger partial charge in [-0.2, -0.15) is 0 Å². The van der Waals surface area contributed by atoms with E-state index >= 15 is 0 Å². The summed E-state index contributed by atoms with van der Waals surface area (Å²) in [7, 11) is -8.87. The first kappa shape index (κ1) is 27.2. The van der Waals surface area contributed by atoms with Crippen molar-refractivity contribution in [2.45, 2.75) is 77.4 Å². The lowest BCUT2D eigenvalue weighted by molar-refractivity contribution is 0.210. The quantitative estimate of drug-likeness (QED) is 0.293. The molecular weight excluding hydrogens is 493 g/mol. The maximum Gasteiger partial charge on any atom is 0.389 e. The number of hydrogen-bond acceptors (Lipinski definition) is 3. The fourth-order valence-corrected chi connectivity index (χ4v) is 25.6. The van der Waals surface area contributed by atoms with E-state index in [1.807, 2.05) is 0 Å². The third kappa shape index (κ3) is 4.64. The zero-order chi connectivity index (χ0) is 25.8. The molecule has 4 rings (SSSR count). The second kappa shape index (κ2) is 11.3. The molecule has 0 amide bonds. The molecule has 0 saturated carbocycles. The standard InChI is InChI=1S/C30H42O3Si3/c1-7-25(4)34(26(5)8-2)31-35(27(6)9-3,28-19-13-10-14-20-28)33-36(32-34,29-21-15-11-16-22-29)30-23-17-12-18-24-30/h10-27H,7-9H2,1-6H3. The van der Waals surface area contributed by atoms with Crippen LogP contribution in [0.2, 0.25) is 16.6 Å². The van der Waals surface area contributed by atoms with Gasteiger partial charge in [-0.05, 0) is 26.6 Å². The fraction of sp³-hybridized carbons (Fsp3) is 0.400. The smallest absolute Gasteiger partial charge is 0.389 e. The molecule has 4 atom stereocenters. The van der Waals surface area contributed by atoms with Gasteiger partial charge in [0.25, 0.3) is 0 Å². The fourth-order valence-electron chi connectivity index (χ4n) is 5.45. The zero-order valence-electron chi connectivity index (χ0n) is 22.7. The summed E-state index contributed by atoms with van der Waals surface area (Å²) in [6.07, 6.45) is 3.06. The Morgan fingerprint density at radius 1 is 0.500 bits per heavy atom. The van der Waals surface area contributed by atoms with Crippen LogP contribution in [0.5, 0.6) is 0 Å². The van der Waals surface area contributed by atoms with Gasteiger partial charge < -0.3 is 12.3 Å². The predicted octanol–water partition coefficient (Wildman–Crippen LogP) is 6.50. The first-order chi connectivity index (χ1) is 17.4. The van der Waals surface area contributed by atoms with E-state index in [1.54, 1.807) is 0 Å². The van der Waals surface area contributed by atoms with Crippen molar-refractivity contribution >= 4 is 41.2 Å². The highest BCUT2D eigenvalue weighted by molar-refractivity contribution is 7.08. The van der Waals surface area contributed by atoms with Crippen LogP contribution in [-0.2, 0) is 12.3 Å². The molecule has 6 heteroatoms. The molecule has 3 aromatic rings. The Hall–Kier alpha value is -1.81. The predicted molar refractivity (Wildman–Crippen MR) is 158 cm³/mol. The van der Waals surface area contributed by atoms with E-state index in [-0.39, 0.29) is 5.54 Å². The van der Waals surface area contributed by atoms with Gasteiger partial charge in [0.2, 0.25) is 0 Å². The van der Waals surface area contributed by atoms with E-state index in [9.17, 15) is 0 Å². The van der Waals surface area contributed by atoms with Crippen LogP contribution in [0.15, 0.2) is 91.0 Å². The monoisotopic (exact) mass is 534 g/mol. The van der Waals surface area contributed by atoms with Crippen LogP contribution in [0.25, 0.3) is 0 Å². The highest BCUT2D eigenvalue weighted by Crippen LogP contribution is 2.48. The molecule has 1 fully saturated rings. The van der Waals surface area contributed by atoms with Crippen LogP contribution in [0.3, 0.4) is 0 Å². The number of hydrogen-bond donors (Lipinski definition) is 0. The molecule has 1 heterocycles. The second-order valence-electron chi connectivity index (χ2n) is 10.3. The third-order valence-corrected chi connectivity index (χ3v) is 24.1. The maximum atomic E-state index is 7.69. The minimum absolute atomic E-state index is 0.281. The van der Waals surface area contributed by atoms with Gasteiger partial charge in [-0.15, -0.1) is 0 Å². The van der Waals surface area contributed by atoms with E-state index in [4.69, 9.17) is 12.3 Å². The summed E-state index contributed by atoms with van der Waals surface area (Å²) in [5, 5.41) is 3.59. The van der Waals surface area contributed by atoms with Gasteiger partial charge in [-0.3, -0.25) is 0 Å². The highest BCUT2D eigenvalue weighted by Gasteiger charge is 2.68. The Bertz CT molecular complexity index is 1050. The van der Waals surface area contributed by atoms with Gasteiger partial charge in [0.05, 0.1) is 0 Å². The number of benzene rings is 3.